The van der Waals surface area contributed by atoms with Gasteiger partial charge in [0.2, 0.25) is 0 Å². The van der Waals surface area contributed by atoms with Crippen molar-refractivity contribution in [1.29, 1.82) is 0 Å². The summed E-state index contributed by atoms with van der Waals surface area (Å²) in [5, 5.41) is 0. The van der Waals surface area contributed by atoms with Crippen LogP contribution in [0.25, 0.3) is 0 Å². The van der Waals surface area contributed by atoms with E-state index in [9.17, 15) is 8.42 Å². The smallest absolute Gasteiger partial charge is 0.332 e. The summed E-state index contributed by atoms with van der Waals surface area (Å²) in [6.45, 7) is 6.60. The molecule has 0 aliphatic heterocycles. The summed E-state index contributed by atoms with van der Waals surface area (Å²) < 4.78 is 32.8. The van der Waals surface area contributed by atoms with Crippen molar-refractivity contribution in [2.45, 2.75) is 91.4 Å². The molecule has 0 aliphatic rings. The van der Waals surface area contributed by atoms with Gasteiger partial charge >= 0.3 is 40.0 Å². The standard InChI is InChI=1S/C10H22O4S.C6H13.Na/c1-2-3-4-5-6-7-8-9-10-14-15(11,12)13;1-3-5-6-4-2;/h2-10H2,1H3,(H,11,12,13);3H,4-6H2,1-2H3;/q;-1;+1. The van der Waals surface area contributed by atoms with E-state index in [2.05, 4.69) is 31.4 Å². The van der Waals surface area contributed by atoms with Gasteiger partial charge in [0.15, 0.2) is 0 Å². The Balaban J connectivity index is -0.000000439. The first-order valence-electron chi connectivity index (χ1n) is 8.37. The number of hydrogen-bond donors (Lipinski definition) is 1. The second-order valence-corrected chi connectivity index (χ2v) is 6.37. The third-order valence-corrected chi connectivity index (χ3v) is 3.54. The van der Waals surface area contributed by atoms with E-state index in [0.717, 1.165) is 12.8 Å². The predicted octanol–water partition coefficient (Wildman–Crippen LogP) is 2.35. The molecule has 1 N–H and O–H groups in total. The SMILES string of the molecule is CCCCCCCCCCOS(=O)(=O)O.C[CH-]CCCC.[Na+]. The van der Waals surface area contributed by atoms with Gasteiger partial charge < -0.3 is 6.42 Å². The van der Waals surface area contributed by atoms with E-state index >= 15 is 0 Å². The fourth-order valence-corrected chi connectivity index (χ4v) is 2.14. The first-order chi connectivity index (χ1) is 9.97. The van der Waals surface area contributed by atoms with E-state index in [0.29, 0.717) is 6.42 Å². The summed E-state index contributed by atoms with van der Waals surface area (Å²) in [6, 6.07) is 0. The first kappa shape index (κ1) is 27.7. The molecule has 0 spiro atoms. The van der Waals surface area contributed by atoms with Crippen LogP contribution in [0.4, 0.5) is 0 Å². The Bertz CT molecular complexity index is 278. The Hall–Kier alpha value is 0.870. The van der Waals surface area contributed by atoms with Crippen molar-refractivity contribution in [1.82, 2.24) is 0 Å². The van der Waals surface area contributed by atoms with E-state index < -0.39 is 10.4 Å². The van der Waals surface area contributed by atoms with Crippen molar-refractivity contribution >= 4 is 10.4 Å². The summed E-state index contributed by atoms with van der Waals surface area (Å²) in [4.78, 5) is 0. The summed E-state index contributed by atoms with van der Waals surface area (Å²) in [5.74, 6) is 0. The van der Waals surface area contributed by atoms with Crippen molar-refractivity contribution in [3.05, 3.63) is 6.42 Å². The monoisotopic (exact) mass is 346 g/mol. The molecule has 0 radical (unpaired) electrons. The number of unbranched alkanes of at least 4 members (excludes halogenated alkanes) is 10. The fraction of sp³-hybridized carbons (Fsp3) is 0.938. The summed E-state index contributed by atoms with van der Waals surface area (Å²) in [6.07, 6.45) is 15.2. The third kappa shape index (κ3) is 32.7. The van der Waals surface area contributed by atoms with Crippen LogP contribution in [0.5, 0.6) is 0 Å². The molecule has 0 atom stereocenters. The van der Waals surface area contributed by atoms with Gasteiger partial charge in [-0.25, -0.2) is 4.18 Å². The maximum atomic E-state index is 10.2. The summed E-state index contributed by atoms with van der Waals surface area (Å²) in [7, 11) is -4.23. The molecule has 0 saturated carbocycles. The first-order valence-corrected chi connectivity index (χ1v) is 9.74. The van der Waals surface area contributed by atoms with Crippen molar-refractivity contribution in [2.24, 2.45) is 0 Å². The van der Waals surface area contributed by atoms with E-state index in [1.807, 2.05) is 0 Å². The van der Waals surface area contributed by atoms with Crippen LogP contribution in [-0.2, 0) is 14.6 Å². The average Bonchev–Trinajstić information content (AvgIpc) is 2.43. The fourth-order valence-electron chi connectivity index (χ4n) is 1.81. The molecule has 130 valence electrons. The van der Waals surface area contributed by atoms with Gasteiger partial charge in [0.05, 0.1) is 6.61 Å². The Labute approximate surface area is 161 Å². The minimum absolute atomic E-state index is 0. The second-order valence-electron chi connectivity index (χ2n) is 5.28. The molecule has 0 aromatic rings. The van der Waals surface area contributed by atoms with Crippen LogP contribution in [0.15, 0.2) is 0 Å². The second kappa shape index (κ2) is 21.9. The van der Waals surface area contributed by atoms with Crippen molar-refractivity contribution in [3.8, 4) is 0 Å². The van der Waals surface area contributed by atoms with Gasteiger partial charge in [-0.3, -0.25) is 4.55 Å². The zero-order valence-corrected chi connectivity index (χ0v) is 18.0. The van der Waals surface area contributed by atoms with Gasteiger partial charge in [-0.2, -0.15) is 21.8 Å². The van der Waals surface area contributed by atoms with Gasteiger partial charge in [-0.1, -0.05) is 71.6 Å². The summed E-state index contributed by atoms with van der Waals surface area (Å²) >= 11 is 0. The van der Waals surface area contributed by atoms with Crippen LogP contribution >= 0.6 is 0 Å². The molecule has 22 heavy (non-hydrogen) atoms. The van der Waals surface area contributed by atoms with Crippen LogP contribution < -0.4 is 29.6 Å². The van der Waals surface area contributed by atoms with E-state index in [1.165, 1.54) is 51.4 Å². The molecule has 6 heteroatoms. The molecule has 0 fully saturated rings. The van der Waals surface area contributed by atoms with Crippen LogP contribution in [0, 0.1) is 6.42 Å². The molecular weight excluding hydrogens is 311 g/mol. The van der Waals surface area contributed by atoms with Gasteiger partial charge in [0.25, 0.3) is 0 Å². The van der Waals surface area contributed by atoms with Crippen molar-refractivity contribution in [3.63, 3.8) is 0 Å². The van der Waals surface area contributed by atoms with E-state index in [4.69, 9.17) is 4.55 Å². The maximum Gasteiger partial charge on any atom is 1.00 e. The van der Waals surface area contributed by atoms with Crippen LogP contribution in [0.1, 0.15) is 91.4 Å². The minimum atomic E-state index is -4.23. The Morgan fingerprint density at radius 2 is 1.32 bits per heavy atom. The van der Waals surface area contributed by atoms with Gasteiger partial charge in [-0.15, -0.1) is 0 Å². The predicted molar refractivity (Wildman–Crippen MR) is 89.6 cm³/mol. The molecule has 0 saturated heterocycles. The average molecular weight is 347 g/mol. The molecule has 0 heterocycles. The quantitative estimate of drug-likeness (QED) is 0.241. The minimum Gasteiger partial charge on any atom is -0.332 e. The third-order valence-electron chi connectivity index (χ3n) is 3.08. The number of rotatable bonds is 13. The zero-order chi connectivity index (χ0) is 16.4. The van der Waals surface area contributed by atoms with Crippen molar-refractivity contribution < 1.29 is 46.7 Å². The number of hydrogen-bond acceptors (Lipinski definition) is 3. The molecule has 0 aromatic heterocycles. The molecule has 0 unspecified atom stereocenters. The molecule has 0 aromatic carbocycles. The molecule has 0 rings (SSSR count). The topological polar surface area (TPSA) is 63.6 Å². The van der Waals surface area contributed by atoms with Crippen LogP contribution in [0.2, 0.25) is 0 Å². The van der Waals surface area contributed by atoms with Crippen LogP contribution in [-0.4, -0.2) is 19.6 Å². The molecule has 0 bridgehead atoms. The summed E-state index contributed by atoms with van der Waals surface area (Å²) in [5.41, 5.74) is 0. The van der Waals surface area contributed by atoms with E-state index in [-0.39, 0.29) is 36.2 Å². The van der Waals surface area contributed by atoms with E-state index in [1.54, 1.807) is 0 Å². The van der Waals surface area contributed by atoms with Gasteiger partial charge in [-0.05, 0) is 6.42 Å². The zero-order valence-electron chi connectivity index (χ0n) is 15.1. The largest absolute Gasteiger partial charge is 1.00 e. The van der Waals surface area contributed by atoms with Crippen molar-refractivity contribution in [2.75, 3.05) is 6.61 Å². The molecule has 0 aliphatic carbocycles. The Morgan fingerprint density at radius 3 is 1.68 bits per heavy atom. The van der Waals surface area contributed by atoms with Crippen LogP contribution in [0.3, 0.4) is 0 Å². The Kier molecular flexibility index (Phi) is 27.5. The van der Waals surface area contributed by atoms with Gasteiger partial charge in [0, 0.05) is 0 Å². The maximum absolute atomic E-state index is 10.2. The molecule has 4 nitrogen and oxygen atoms in total. The molecule has 0 amide bonds. The molecular formula is C16H35NaO4S. The van der Waals surface area contributed by atoms with Gasteiger partial charge in [0.1, 0.15) is 0 Å². The Morgan fingerprint density at radius 1 is 0.864 bits per heavy atom. The normalized spacial score (nSPS) is 10.5.